The van der Waals surface area contributed by atoms with Gasteiger partial charge in [0.15, 0.2) is 5.82 Å². The Hall–Kier alpha value is -2.63. The van der Waals surface area contributed by atoms with Crippen molar-refractivity contribution in [2.45, 2.75) is 65.5 Å². The third-order valence-electron chi connectivity index (χ3n) is 5.48. The van der Waals surface area contributed by atoms with Gasteiger partial charge >= 0.3 is 0 Å². The number of aromatic nitrogens is 2. The molecule has 3 rings (SSSR count). The monoisotopic (exact) mass is 396 g/mol. The second-order valence-corrected chi connectivity index (χ2v) is 7.61. The lowest BCUT2D eigenvalue weighted by molar-refractivity contribution is 0.0734. The highest BCUT2D eigenvalue weighted by Gasteiger charge is 2.29. The first kappa shape index (κ1) is 21.1. The largest absolute Gasteiger partial charge is 0.351 e. The Morgan fingerprint density at radius 1 is 1.14 bits per heavy atom. The molecule has 0 aliphatic carbocycles. The van der Waals surface area contributed by atoms with Crippen LogP contribution in [-0.4, -0.2) is 39.4 Å². The molecule has 0 fully saturated rings. The van der Waals surface area contributed by atoms with Crippen molar-refractivity contribution in [2.75, 3.05) is 13.1 Å². The van der Waals surface area contributed by atoms with Gasteiger partial charge in [-0.3, -0.25) is 9.59 Å². The predicted molar refractivity (Wildman–Crippen MR) is 114 cm³/mol. The third-order valence-corrected chi connectivity index (χ3v) is 5.48. The number of hydrogen-bond acceptors (Lipinski definition) is 3. The lowest BCUT2D eigenvalue weighted by Crippen LogP contribution is -2.33. The Balaban J connectivity index is 1.81. The van der Waals surface area contributed by atoms with Gasteiger partial charge in [0, 0.05) is 26.2 Å². The van der Waals surface area contributed by atoms with Crippen molar-refractivity contribution >= 4 is 11.8 Å². The molecule has 0 saturated carbocycles. The second-order valence-electron chi connectivity index (χ2n) is 7.61. The summed E-state index contributed by atoms with van der Waals surface area (Å²) in [6.45, 7) is 6.64. The number of nitrogens with one attached hydrogen (secondary N) is 1. The Labute approximate surface area is 173 Å². The molecule has 2 amide bonds. The van der Waals surface area contributed by atoms with Gasteiger partial charge in [-0.15, -0.1) is 0 Å². The quantitative estimate of drug-likeness (QED) is 0.656. The Morgan fingerprint density at radius 2 is 1.93 bits per heavy atom. The van der Waals surface area contributed by atoms with Crippen LogP contribution in [0.1, 0.15) is 78.3 Å². The average molecular weight is 397 g/mol. The van der Waals surface area contributed by atoms with Crippen LogP contribution in [0.3, 0.4) is 0 Å². The lowest BCUT2D eigenvalue weighted by atomic mass is 10.1. The van der Waals surface area contributed by atoms with Crippen molar-refractivity contribution in [1.29, 1.82) is 0 Å². The summed E-state index contributed by atoms with van der Waals surface area (Å²) in [6, 6.07) is 9.97. The van der Waals surface area contributed by atoms with E-state index in [0.29, 0.717) is 31.2 Å². The van der Waals surface area contributed by atoms with E-state index in [0.717, 1.165) is 56.3 Å². The summed E-state index contributed by atoms with van der Waals surface area (Å²) in [5.74, 6) is 0.137. The molecule has 1 aliphatic rings. The zero-order valence-electron chi connectivity index (χ0n) is 17.6. The summed E-state index contributed by atoms with van der Waals surface area (Å²) in [5, 5.41) is 2.98. The van der Waals surface area contributed by atoms with Crippen LogP contribution in [-0.2, 0) is 19.5 Å². The fraction of sp³-hybridized carbons (Fsp3) is 0.522. The van der Waals surface area contributed by atoms with Crippen molar-refractivity contribution in [3.63, 3.8) is 0 Å². The Morgan fingerprint density at radius 3 is 2.66 bits per heavy atom. The maximum atomic E-state index is 13.3. The van der Waals surface area contributed by atoms with Crippen LogP contribution in [0.5, 0.6) is 0 Å². The minimum absolute atomic E-state index is 0.107. The first-order valence-corrected chi connectivity index (χ1v) is 10.9. The molecule has 2 heterocycles. The number of unbranched alkanes of at least 4 members (excludes halogenated alkanes) is 2. The van der Waals surface area contributed by atoms with E-state index in [9.17, 15) is 9.59 Å². The summed E-state index contributed by atoms with van der Waals surface area (Å²) < 4.78 is 1.97. The van der Waals surface area contributed by atoms with Gasteiger partial charge in [-0.25, -0.2) is 4.98 Å². The van der Waals surface area contributed by atoms with E-state index >= 15 is 0 Å². The van der Waals surface area contributed by atoms with Crippen LogP contribution in [0.4, 0.5) is 0 Å². The van der Waals surface area contributed by atoms with E-state index < -0.39 is 0 Å². The number of nitrogens with zero attached hydrogens (tertiary/aromatic N) is 3. The molecule has 1 aromatic heterocycles. The first-order valence-electron chi connectivity index (χ1n) is 10.9. The number of hydrogen-bond donors (Lipinski definition) is 1. The number of benzene rings is 1. The molecule has 0 spiro atoms. The summed E-state index contributed by atoms with van der Waals surface area (Å²) >= 11 is 0. The minimum Gasteiger partial charge on any atom is -0.351 e. The van der Waals surface area contributed by atoms with Crippen LogP contribution < -0.4 is 5.32 Å². The Kier molecular flexibility index (Phi) is 7.44. The maximum absolute atomic E-state index is 13.3. The van der Waals surface area contributed by atoms with E-state index in [-0.39, 0.29) is 11.8 Å². The van der Waals surface area contributed by atoms with Gasteiger partial charge in [-0.05, 0) is 38.2 Å². The number of carbonyl (C=O) groups excluding carboxylic acids is 2. The van der Waals surface area contributed by atoms with Crippen LogP contribution in [0.15, 0.2) is 30.3 Å². The number of imidazole rings is 1. The normalized spacial score (nSPS) is 13.0. The molecule has 1 aliphatic heterocycles. The predicted octanol–water partition coefficient (Wildman–Crippen LogP) is 3.80. The number of amides is 2. The van der Waals surface area contributed by atoms with E-state index in [1.165, 1.54) is 0 Å². The molecule has 0 unspecified atom stereocenters. The highest BCUT2D eigenvalue weighted by atomic mass is 16.2. The maximum Gasteiger partial charge on any atom is 0.290 e. The van der Waals surface area contributed by atoms with Crippen LogP contribution >= 0.6 is 0 Å². The molecule has 0 saturated heterocycles. The first-order chi connectivity index (χ1) is 14.2. The van der Waals surface area contributed by atoms with Gasteiger partial charge in [-0.2, -0.15) is 0 Å². The minimum atomic E-state index is -0.156. The molecule has 6 heteroatoms. The standard InChI is InChI=1S/C23H32N4O2/c1-3-5-10-15-24-22(28)20-19-14-9-11-16-27(19)21(25-20)23(29)26(4-2)17-18-12-7-6-8-13-18/h6-8,12-13H,3-5,9-11,14-17H2,1-2H3,(H,24,28). The fourth-order valence-electron chi connectivity index (χ4n) is 3.82. The van der Waals surface area contributed by atoms with Crippen LogP contribution in [0.2, 0.25) is 0 Å². The SMILES string of the molecule is CCCCCNC(=O)c1nc(C(=O)N(CC)Cc2ccccc2)n2c1CCCC2. The van der Waals surface area contributed by atoms with Crippen molar-refractivity contribution in [3.8, 4) is 0 Å². The van der Waals surface area contributed by atoms with E-state index in [1.807, 2.05) is 41.8 Å². The van der Waals surface area contributed by atoms with Gasteiger partial charge in [-0.1, -0.05) is 50.1 Å². The van der Waals surface area contributed by atoms with E-state index in [4.69, 9.17) is 0 Å². The average Bonchev–Trinajstić information content (AvgIpc) is 3.15. The molecule has 0 atom stereocenters. The molecule has 0 radical (unpaired) electrons. The molecule has 2 aromatic rings. The van der Waals surface area contributed by atoms with Crippen LogP contribution in [0, 0.1) is 0 Å². The summed E-state index contributed by atoms with van der Waals surface area (Å²) in [7, 11) is 0. The number of carbonyl (C=O) groups is 2. The summed E-state index contributed by atoms with van der Waals surface area (Å²) in [5.41, 5.74) is 2.42. The van der Waals surface area contributed by atoms with E-state index in [2.05, 4.69) is 17.2 Å². The molecule has 1 N–H and O–H groups in total. The second kappa shape index (κ2) is 10.2. The lowest BCUT2D eigenvalue weighted by Gasteiger charge is -2.22. The molecule has 0 bridgehead atoms. The summed E-state index contributed by atoms with van der Waals surface area (Å²) in [6.07, 6.45) is 6.00. The summed E-state index contributed by atoms with van der Waals surface area (Å²) in [4.78, 5) is 32.4. The van der Waals surface area contributed by atoms with Crippen LogP contribution in [0.25, 0.3) is 0 Å². The molecular formula is C23H32N4O2. The van der Waals surface area contributed by atoms with Gasteiger partial charge < -0.3 is 14.8 Å². The van der Waals surface area contributed by atoms with Gasteiger partial charge in [0.2, 0.25) is 0 Å². The van der Waals surface area contributed by atoms with Crippen molar-refractivity contribution in [1.82, 2.24) is 19.8 Å². The fourth-order valence-corrected chi connectivity index (χ4v) is 3.82. The van der Waals surface area contributed by atoms with Crippen molar-refractivity contribution < 1.29 is 9.59 Å². The van der Waals surface area contributed by atoms with Gasteiger partial charge in [0.25, 0.3) is 11.8 Å². The number of fused-ring (bicyclic) bond motifs is 1. The van der Waals surface area contributed by atoms with E-state index in [1.54, 1.807) is 4.90 Å². The highest BCUT2D eigenvalue weighted by molar-refractivity contribution is 5.97. The molecule has 156 valence electrons. The van der Waals surface area contributed by atoms with Gasteiger partial charge in [0.1, 0.15) is 5.69 Å². The zero-order valence-corrected chi connectivity index (χ0v) is 17.6. The molecular weight excluding hydrogens is 364 g/mol. The topological polar surface area (TPSA) is 67.2 Å². The zero-order chi connectivity index (χ0) is 20.6. The third kappa shape index (κ3) is 5.05. The van der Waals surface area contributed by atoms with Crippen molar-refractivity contribution in [2.24, 2.45) is 0 Å². The van der Waals surface area contributed by atoms with Gasteiger partial charge in [0.05, 0.1) is 5.69 Å². The molecule has 29 heavy (non-hydrogen) atoms. The molecule has 6 nitrogen and oxygen atoms in total. The number of rotatable bonds is 9. The smallest absolute Gasteiger partial charge is 0.290 e. The van der Waals surface area contributed by atoms with Crippen molar-refractivity contribution in [3.05, 3.63) is 53.1 Å². The molecule has 1 aromatic carbocycles. The highest BCUT2D eigenvalue weighted by Crippen LogP contribution is 2.22. The Bertz CT molecular complexity index is 829.